The summed E-state index contributed by atoms with van der Waals surface area (Å²) in [7, 11) is 0. The first-order chi connectivity index (χ1) is 12.6. The van der Waals surface area contributed by atoms with Crippen LogP contribution in [0.1, 0.15) is 42.9 Å². The number of hydrogen-bond donors (Lipinski definition) is 1. The zero-order chi connectivity index (χ0) is 18.5. The van der Waals surface area contributed by atoms with Gasteiger partial charge < -0.3 is 5.32 Å². The highest BCUT2D eigenvalue weighted by Gasteiger charge is 2.44. The molecule has 2 aromatic carbocycles. The lowest BCUT2D eigenvalue weighted by atomic mass is 10.1. The molecule has 2 atom stereocenters. The van der Waals surface area contributed by atoms with E-state index in [9.17, 15) is 9.18 Å². The lowest BCUT2D eigenvalue weighted by Crippen LogP contribution is -2.25. The summed E-state index contributed by atoms with van der Waals surface area (Å²) >= 11 is 0. The van der Waals surface area contributed by atoms with Crippen LogP contribution in [0.25, 0.3) is 0 Å². The SMILES string of the molecule is CCN(CC)Cc1cccc(CNC(=O)C2CC2c2ccccc2F)c1. The Kier molecular flexibility index (Phi) is 6.04. The van der Waals surface area contributed by atoms with Gasteiger partial charge in [0.25, 0.3) is 0 Å². The second-order valence-corrected chi connectivity index (χ2v) is 6.97. The molecule has 26 heavy (non-hydrogen) atoms. The van der Waals surface area contributed by atoms with Crippen LogP contribution in [0.4, 0.5) is 4.39 Å². The maximum absolute atomic E-state index is 13.8. The summed E-state index contributed by atoms with van der Waals surface area (Å²) in [4.78, 5) is 14.7. The number of benzene rings is 2. The van der Waals surface area contributed by atoms with Crippen molar-refractivity contribution in [3.8, 4) is 0 Å². The molecule has 0 aliphatic heterocycles. The van der Waals surface area contributed by atoms with Gasteiger partial charge in [-0.05, 0) is 48.2 Å². The molecular formula is C22H27FN2O. The van der Waals surface area contributed by atoms with Gasteiger partial charge in [0.1, 0.15) is 5.82 Å². The predicted molar refractivity (Wildman–Crippen MR) is 102 cm³/mol. The van der Waals surface area contributed by atoms with Gasteiger partial charge in [-0.1, -0.05) is 56.3 Å². The third-order valence-corrected chi connectivity index (χ3v) is 5.19. The number of rotatable bonds is 8. The van der Waals surface area contributed by atoms with Crippen molar-refractivity contribution < 1.29 is 9.18 Å². The van der Waals surface area contributed by atoms with Crippen LogP contribution in [0, 0.1) is 11.7 Å². The van der Waals surface area contributed by atoms with Crippen LogP contribution < -0.4 is 5.32 Å². The Morgan fingerprint density at radius 2 is 1.85 bits per heavy atom. The van der Waals surface area contributed by atoms with Gasteiger partial charge in [0, 0.05) is 19.0 Å². The van der Waals surface area contributed by atoms with Crippen molar-refractivity contribution in [2.75, 3.05) is 13.1 Å². The summed E-state index contributed by atoms with van der Waals surface area (Å²) in [6, 6.07) is 15.1. The van der Waals surface area contributed by atoms with E-state index in [-0.39, 0.29) is 23.6 Å². The largest absolute Gasteiger partial charge is 0.352 e. The Bertz CT molecular complexity index is 757. The molecule has 0 spiro atoms. The summed E-state index contributed by atoms with van der Waals surface area (Å²) in [5, 5.41) is 3.01. The molecular weight excluding hydrogens is 327 g/mol. The molecule has 4 heteroatoms. The molecule has 0 bridgehead atoms. The Morgan fingerprint density at radius 1 is 1.12 bits per heavy atom. The van der Waals surface area contributed by atoms with E-state index in [1.54, 1.807) is 12.1 Å². The fraction of sp³-hybridized carbons (Fsp3) is 0.409. The summed E-state index contributed by atoms with van der Waals surface area (Å²) in [6.07, 6.45) is 0.731. The number of amides is 1. The second kappa shape index (κ2) is 8.45. The van der Waals surface area contributed by atoms with E-state index in [0.717, 1.165) is 31.6 Å². The van der Waals surface area contributed by atoms with E-state index in [1.807, 2.05) is 18.2 Å². The third kappa shape index (κ3) is 4.50. The average Bonchev–Trinajstić information content (AvgIpc) is 3.45. The number of carbonyl (C=O) groups is 1. The Labute approximate surface area is 155 Å². The van der Waals surface area contributed by atoms with E-state index in [2.05, 4.69) is 36.2 Å². The average molecular weight is 354 g/mol. The van der Waals surface area contributed by atoms with Gasteiger partial charge in [0.2, 0.25) is 5.91 Å². The lowest BCUT2D eigenvalue weighted by molar-refractivity contribution is -0.122. The fourth-order valence-electron chi connectivity index (χ4n) is 3.47. The number of nitrogens with one attached hydrogen (secondary N) is 1. The molecule has 1 aliphatic rings. The number of halogens is 1. The number of nitrogens with zero attached hydrogens (tertiary/aromatic N) is 1. The molecule has 3 nitrogen and oxygen atoms in total. The minimum absolute atomic E-state index is 0.0187. The maximum Gasteiger partial charge on any atom is 0.224 e. The second-order valence-electron chi connectivity index (χ2n) is 6.97. The number of carbonyl (C=O) groups excluding carboxylic acids is 1. The molecule has 0 aromatic heterocycles. The predicted octanol–water partition coefficient (Wildman–Crippen LogP) is 4.09. The highest BCUT2D eigenvalue weighted by Crippen LogP contribution is 2.48. The minimum atomic E-state index is -0.211. The summed E-state index contributed by atoms with van der Waals surface area (Å²) in [6.45, 7) is 7.82. The summed E-state index contributed by atoms with van der Waals surface area (Å²) in [5.74, 6) is -0.278. The van der Waals surface area contributed by atoms with Gasteiger partial charge >= 0.3 is 0 Å². The molecule has 3 rings (SSSR count). The molecule has 1 saturated carbocycles. The van der Waals surface area contributed by atoms with Gasteiger partial charge in [0.15, 0.2) is 0 Å². The van der Waals surface area contributed by atoms with Crippen LogP contribution in [0.5, 0.6) is 0 Å². The highest BCUT2D eigenvalue weighted by molar-refractivity contribution is 5.82. The van der Waals surface area contributed by atoms with Crippen molar-refractivity contribution in [2.45, 2.75) is 39.3 Å². The molecule has 0 radical (unpaired) electrons. The van der Waals surface area contributed by atoms with Gasteiger partial charge in [-0.2, -0.15) is 0 Å². The Balaban J connectivity index is 1.53. The Hall–Kier alpha value is -2.20. The molecule has 0 saturated heterocycles. The van der Waals surface area contributed by atoms with E-state index in [0.29, 0.717) is 12.1 Å². The number of hydrogen-bond acceptors (Lipinski definition) is 2. The first kappa shape index (κ1) is 18.6. The van der Waals surface area contributed by atoms with Crippen LogP contribution >= 0.6 is 0 Å². The highest BCUT2D eigenvalue weighted by atomic mass is 19.1. The van der Waals surface area contributed by atoms with E-state index in [4.69, 9.17) is 0 Å². The van der Waals surface area contributed by atoms with Crippen LogP contribution in [-0.4, -0.2) is 23.9 Å². The first-order valence-corrected chi connectivity index (χ1v) is 9.44. The van der Waals surface area contributed by atoms with E-state index >= 15 is 0 Å². The molecule has 1 N–H and O–H groups in total. The van der Waals surface area contributed by atoms with Crippen molar-refractivity contribution in [3.05, 3.63) is 71.0 Å². The van der Waals surface area contributed by atoms with Crippen molar-refractivity contribution in [1.82, 2.24) is 10.2 Å². The standard InChI is InChI=1S/C22H27FN2O/c1-3-25(4-2)15-17-9-7-8-16(12-17)14-24-22(26)20-13-19(20)18-10-5-6-11-21(18)23/h5-12,19-20H,3-4,13-15H2,1-2H3,(H,24,26). The zero-order valence-corrected chi connectivity index (χ0v) is 15.5. The lowest BCUT2D eigenvalue weighted by Gasteiger charge is -2.18. The molecule has 138 valence electrons. The maximum atomic E-state index is 13.8. The quantitative estimate of drug-likeness (QED) is 0.774. The zero-order valence-electron chi connectivity index (χ0n) is 15.5. The van der Waals surface area contributed by atoms with Crippen molar-refractivity contribution in [2.24, 2.45) is 5.92 Å². The molecule has 0 heterocycles. The van der Waals surface area contributed by atoms with E-state index in [1.165, 1.54) is 11.6 Å². The normalized spacial score (nSPS) is 18.8. The Morgan fingerprint density at radius 3 is 2.58 bits per heavy atom. The van der Waals surface area contributed by atoms with Crippen LogP contribution in [0.3, 0.4) is 0 Å². The third-order valence-electron chi connectivity index (χ3n) is 5.19. The molecule has 1 fully saturated rings. The summed E-state index contributed by atoms with van der Waals surface area (Å²) < 4.78 is 13.8. The topological polar surface area (TPSA) is 32.3 Å². The van der Waals surface area contributed by atoms with Gasteiger partial charge in [0.05, 0.1) is 0 Å². The molecule has 1 aliphatic carbocycles. The van der Waals surface area contributed by atoms with Crippen molar-refractivity contribution in [3.63, 3.8) is 0 Å². The first-order valence-electron chi connectivity index (χ1n) is 9.44. The monoisotopic (exact) mass is 354 g/mol. The molecule has 2 unspecified atom stereocenters. The van der Waals surface area contributed by atoms with Crippen LogP contribution in [0.15, 0.2) is 48.5 Å². The summed E-state index contributed by atoms with van der Waals surface area (Å²) in [5.41, 5.74) is 3.02. The fourth-order valence-corrected chi connectivity index (χ4v) is 3.47. The van der Waals surface area contributed by atoms with Gasteiger partial charge in [-0.25, -0.2) is 4.39 Å². The van der Waals surface area contributed by atoms with Gasteiger partial charge in [-0.3, -0.25) is 9.69 Å². The van der Waals surface area contributed by atoms with Gasteiger partial charge in [-0.15, -0.1) is 0 Å². The van der Waals surface area contributed by atoms with Crippen molar-refractivity contribution in [1.29, 1.82) is 0 Å². The van der Waals surface area contributed by atoms with Crippen molar-refractivity contribution >= 4 is 5.91 Å². The molecule has 2 aromatic rings. The minimum Gasteiger partial charge on any atom is -0.352 e. The smallest absolute Gasteiger partial charge is 0.224 e. The van der Waals surface area contributed by atoms with Crippen LogP contribution in [-0.2, 0) is 17.9 Å². The van der Waals surface area contributed by atoms with Crippen LogP contribution in [0.2, 0.25) is 0 Å². The van der Waals surface area contributed by atoms with E-state index < -0.39 is 0 Å². The molecule has 1 amide bonds.